The predicted octanol–water partition coefficient (Wildman–Crippen LogP) is 1.54. The number of hydrogen-bond acceptors (Lipinski definition) is 6. The van der Waals surface area contributed by atoms with Crippen molar-refractivity contribution in [3.8, 4) is 0 Å². The topological polar surface area (TPSA) is 71.1 Å². The van der Waals surface area contributed by atoms with E-state index in [-0.39, 0.29) is 0 Å². The average molecular weight is 234 g/mol. The summed E-state index contributed by atoms with van der Waals surface area (Å²) in [6.45, 7) is 3.35. The molecule has 0 bridgehead atoms. The Labute approximate surface area is 94.7 Å². The Morgan fingerprint density at radius 3 is 1.44 bits per heavy atom. The van der Waals surface area contributed by atoms with Crippen LogP contribution < -0.4 is 0 Å². The fourth-order valence-electron chi connectivity index (χ4n) is 0.925. The van der Waals surface area contributed by atoms with Gasteiger partial charge in [0.25, 0.3) is 0 Å². The second-order valence-electron chi connectivity index (χ2n) is 3.21. The summed E-state index contributed by atoms with van der Waals surface area (Å²) in [6, 6.07) is 0. The van der Waals surface area contributed by atoms with E-state index in [4.69, 9.17) is 0 Å². The van der Waals surface area contributed by atoms with Crippen LogP contribution >= 0.6 is 0 Å². The van der Waals surface area contributed by atoms with Gasteiger partial charge < -0.3 is 0 Å². The highest BCUT2D eigenvalue weighted by molar-refractivity contribution is 5.65. The smallest absolute Gasteiger partial charge is 0.299 e. The first-order valence-corrected chi connectivity index (χ1v) is 5.23. The number of carbonyl (C=O) groups is 2. The van der Waals surface area contributed by atoms with Crippen LogP contribution in [0.4, 0.5) is 0 Å². The Morgan fingerprint density at radius 1 is 0.750 bits per heavy atom. The molecule has 0 rings (SSSR count). The van der Waals surface area contributed by atoms with Gasteiger partial charge in [-0.15, -0.1) is 0 Å². The zero-order valence-corrected chi connectivity index (χ0v) is 9.69. The molecule has 6 nitrogen and oxygen atoms in total. The van der Waals surface area contributed by atoms with Gasteiger partial charge in [0.1, 0.15) is 0 Å². The van der Waals surface area contributed by atoms with Crippen LogP contribution in [-0.4, -0.2) is 25.2 Å². The van der Waals surface area contributed by atoms with Crippen molar-refractivity contribution in [2.45, 2.75) is 39.5 Å². The molecule has 0 saturated carbocycles. The lowest BCUT2D eigenvalue weighted by atomic mass is 10.2. The molecule has 0 aromatic heterocycles. The van der Waals surface area contributed by atoms with Gasteiger partial charge in [0.05, 0.1) is 13.2 Å². The quantitative estimate of drug-likeness (QED) is 0.342. The summed E-state index contributed by atoms with van der Waals surface area (Å²) in [7, 11) is 0. The van der Waals surface area contributed by atoms with Crippen LogP contribution in [0.15, 0.2) is 0 Å². The monoisotopic (exact) mass is 234 g/mol. The third-order valence-electron chi connectivity index (χ3n) is 1.56. The van der Waals surface area contributed by atoms with Crippen LogP contribution in [0.25, 0.3) is 0 Å². The van der Waals surface area contributed by atoms with Gasteiger partial charge in [-0.05, 0) is 12.8 Å². The molecule has 0 aliphatic rings. The molecular formula is C10H18O6. The Hall–Kier alpha value is -1.14. The zero-order valence-electron chi connectivity index (χ0n) is 9.69. The third kappa shape index (κ3) is 12.9. The van der Waals surface area contributed by atoms with E-state index in [0.29, 0.717) is 13.2 Å². The summed E-state index contributed by atoms with van der Waals surface area (Å²) >= 11 is 0. The fourth-order valence-corrected chi connectivity index (χ4v) is 0.925. The molecule has 0 atom stereocenters. The zero-order chi connectivity index (χ0) is 12.2. The maximum atomic E-state index is 10.3. The minimum atomic E-state index is -0.449. The van der Waals surface area contributed by atoms with E-state index in [1.807, 2.05) is 0 Å². The molecule has 0 aliphatic carbocycles. The highest BCUT2D eigenvalue weighted by Crippen LogP contribution is 2.01. The van der Waals surface area contributed by atoms with Gasteiger partial charge in [-0.3, -0.25) is 9.78 Å². The first-order valence-electron chi connectivity index (χ1n) is 5.23. The lowest BCUT2D eigenvalue weighted by Gasteiger charge is -2.02. The SMILES string of the molecule is CC(=O)OOCCCCCCOOC(C)=O. The Bertz CT molecular complexity index is 181. The molecule has 0 N–H and O–H groups in total. The van der Waals surface area contributed by atoms with E-state index in [1.165, 1.54) is 13.8 Å². The third-order valence-corrected chi connectivity index (χ3v) is 1.56. The first-order chi connectivity index (χ1) is 7.63. The second kappa shape index (κ2) is 10.4. The molecule has 0 heterocycles. The molecule has 0 aromatic carbocycles. The average Bonchev–Trinajstić information content (AvgIpc) is 2.20. The number of rotatable bonds is 9. The van der Waals surface area contributed by atoms with Crippen molar-refractivity contribution in [2.75, 3.05) is 13.2 Å². The molecule has 0 radical (unpaired) electrons. The summed E-state index contributed by atoms with van der Waals surface area (Å²) in [5.74, 6) is -0.899. The van der Waals surface area contributed by atoms with Crippen molar-refractivity contribution in [3.05, 3.63) is 0 Å². The van der Waals surface area contributed by atoms with E-state index in [1.54, 1.807) is 0 Å². The lowest BCUT2D eigenvalue weighted by Crippen LogP contribution is -2.03. The van der Waals surface area contributed by atoms with Crippen molar-refractivity contribution >= 4 is 11.9 Å². The maximum Gasteiger partial charge on any atom is 0.339 e. The Balaban J connectivity index is 2.98. The summed E-state index contributed by atoms with van der Waals surface area (Å²) in [5.41, 5.74) is 0. The van der Waals surface area contributed by atoms with E-state index in [9.17, 15) is 9.59 Å². The van der Waals surface area contributed by atoms with Gasteiger partial charge in [0.15, 0.2) is 0 Å². The molecule has 0 saturated heterocycles. The van der Waals surface area contributed by atoms with Crippen LogP contribution in [0.1, 0.15) is 39.5 Å². The van der Waals surface area contributed by atoms with Gasteiger partial charge in [-0.1, -0.05) is 12.8 Å². The molecule has 94 valence electrons. The molecule has 6 heteroatoms. The van der Waals surface area contributed by atoms with Crippen molar-refractivity contribution < 1.29 is 29.1 Å². The number of carbonyl (C=O) groups excluding carboxylic acids is 2. The summed E-state index contributed by atoms with van der Waals surface area (Å²) < 4.78 is 0. The highest BCUT2D eigenvalue weighted by Gasteiger charge is 1.96. The van der Waals surface area contributed by atoms with E-state index in [2.05, 4.69) is 19.6 Å². The van der Waals surface area contributed by atoms with Crippen LogP contribution in [0.2, 0.25) is 0 Å². The van der Waals surface area contributed by atoms with E-state index in [0.717, 1.165) is 25.7 Å². The Kier molecular flexibility index (Phi) is 9.64. The van der Waals surface area contributed by atoms with Gasteiger partial charge in [-0.25, -0.2) is 9.59 Å². The summed E-state index contributed by atoms with van der Waals surface area (Å²) in [4.78, 5) is 38.4. The molecule has 0 fully saturated rings. The molecule has 0 aromatic rings. The summed E-state index contributed by atoms with van der Waals surface area (Å²) in [5, 5.41) is 0. The first kappa shape index (κ1) is 14.9. The molecule has 0 spiro atoms. The van der Waals surface area contributed by atoms with Gasteiger partial charge in [0, 0.05) is 13.8 Å². The minimum absolute atomic E-state index is 0.393. The van der Waals surface area contributed by atoms with Crippen LogP contribution in [0, 0.1) is 0 Å². The number of hydrogen-bond donors (Lipinski definition) is 0. The predicted molar refractivity (Wildman–Crippen MR) is 53.9 cm³/mol. The summed E-state index contributed by atoms with van der Waals surface area (Å²) in [6.07, 6.45) is 3.48. The number of unbranched alkanes of at least 4 members (excludes halogenated alkanes) is 3. The van der Waals surface area contributed by atoms with Crippen molar-refractivity contribution in [2.24, 2.45) is 0 Å². The maximum absolute atomic E-state index is 10.3. The molecule has 16 heavy (non-hydrogen) atoms. The molecular weight excluding hydrogens is 216 g/mol. The highest BCUT2D eigenvalue weighted by atomic mass is 17.2. The minimum Gasteiger partial charge on any atom is -0.299 e. The Morgan fingerprint density at radius 2 is 1.12 bits per heavy atom. The fraction of sp³-hybridized carbons (Fsp3) is 0.800. The normalized spacial score (nSPS) is 9.88. The van der Waals surface area contributed by atoms with Crippen LogP contribution in [-0.2, 0) is 29.1 Å². The lowest BCUT2D eigenvalue weighted by molar-refractivity contribution is -0.272. The van der Waals surface area contributed by atoms with Crippen LogP contribution in [0.5, 0.6) is 0 Å². The van der Waals surface area contributed by atoms with E-state index >= 15 is 0 Å². The van der Waals surface area contributed by atoms with Crippen molar-refractivity contribution in [1.29, 1.82) is 0 Å². The standard InChI is InChI=1S/C10H18O6/c1-9(11)15-13-7-5-3-4-6-8-14-16-10(2)12/h3-8H2,1-2H3. The van der Waals surface area contributed by atoms with Crippen molar-refractivity contribution in [1.82, 2.24) is 0 Å². The largest absolute Gasteiger partial charge is 0.339 e. The molecule has 0 unspecified atom stereocenters. The van der Waals surface area contributed by atoms with Crippen molar-refractivity contribution in [3.63, 3.8) is 0 Å². The van der Waals surface area contributed by atoms with Gasteiger partial charge in [-0.2, -0.15) is 9.78 Å². The van der Waals surface area contributed by atoms with Gasteiger partial charge in [0.2, 0.25) is 0 Å². The molecule has 0 aliphatic heterocycles. The molecule has 0 amide bonds. The van der Waals surface area contributed by atoms with Gasteiger partial charge >= 0.3 is 11.9 Å². The van der Waals surface area contributed by atoms with Crippen LogP contribution in [0.3, 0.4) is 0 Å². The second-order valence-corrected chi connectivity index (χ2v) is 3.21. The van der Waals surface area contributed by atoms with E-state index < -0.39 is 11.9 Å².